The van der Waals surface area contributed by atoms with E-state index in [4.69, 9.17) is 5.73 Å². The molecule has 1 saturated heterocycles. The number of phenolic OH excluding ortho intramolecular Hbond substituents is 1. The Morgan fingerprint density at radius 3 is 2.94 bits per heavy atom. The van der Waals surface area contributed by atoms with Gasteiger partial charge in [0.2, 0.25) is 0 Å². The van der Waals surface area contributed by atoms with Crippen LogP contribution in [-0.4, -0.2) is 35.5 Å². The van der Waals surface area contributed by atoms with Gasteiger partial charge in [-0.2, -0.15) is 0 Å². The Labute approximate surface area is 98.8 Å². The fourth-order valence-electron chi connectivity index (χ4n) is 2.04. The second-order valence-electron chi connectivity index (χ2n) is 4.31. The predicted octanol–water partition coefficient (Wildman–Crippen LogP) is 0.952. The van der Waals surface area contributed by atoms with Crippen LogP contribution in [0.15, 0.2) is 18.2 Å². The van der Waals surface area contributed by atoms with Crippen molar-refractivity contribution in [1.82, 2.24) is 4.90 Å². The van der Waals surface area contributed by atoms with Crippen LogP contribution in [0.5, 0.6) is 5.75 Å². The first kappa shape index (κ1) is 11.9. The number of carbonyl (C=O) groups excluding carboxylic acids is 1. The lowest BCUT2D eigenvalue weighted by atomic mass is 10.1. The second-order valence-corrected chi connectivity index (χ2v) is 4.31. The molecule has 1 aromatic rings. The number of phenols is 1. The van der Waals surface area contributed by atoms with Gasteiger partial charge in [0.25, 0.3) is 5.91 Å². The number of likely N-dealkylation sites (tertiary alicyclic amines) is 1. The standard InChI is InChI=1S/C12H15FN2O2/c13-10-2-1-9(5-11(10)16)12(17)15-4-3-8(6-14)7-15/h1-2,5,8,16H,3-4,6-7,14H2. The lowest BCUT2D eigenvalue weighted by Crippen LogP contribution is -2.29. The molecular weight excluding hydrogens is 223 g/mol. The van der Waals surface area contributed by atoms with E-state index in [1.54, 1.807) is 4.90 Å². The van der Waals surface area contributed by atoms with Crippen molar-refractivity contribution < 1.29 is 14.3 Å². The van der Waals surface area contributed by atoms with E-state index in [-0.39, 0.29) is 5.91 Å². The number of halogens is 1. The average Bonchev–Trinajstić information content (AvgIpc) is 2.80. The van der Waals surface area contributed by atoms with Crippen molar-refractivity contribution >= 4 is 5.91 Å². The SMILES string of the molecule is NCC1CCN(C(=O)c2ccc(F)c(O)c2)C1. The molecule has 5 heteroatoms. The number of hydrogen-bond donors (Lipinski definition) is 2. The van der Waals surface area contributed by atoms with Crippen molar-refractivity contribution in [3.63, 3.8) is 0 Å². The highest BCUT2D eigenvalue weighted by Crippen LogP contribution is 2.21. The molecule has 0 spiro atoms. The Hall–Kier alpha value is -1.62. The minimum Gasteiger partial charge on any atom is -0.505 e. The first-order valence-electron chi connectivity index (χ1n) is 5.59. The highest BCUT2D eigenvalue weighted by molar-refractivity contribution is 5.94. The summed E-state index contributed by atoms with van der Waals surface area (Å²) in [7, 11) is 0. The van der Waals surface area contributed by atoms with E-state index in [0.29, 0.717) is 31.1 Å². The molecule has 0 saturated carbocycles. The smallest absolute Gasteiger partial charge is 0.254 e. The lowest BCUT2D eigenvalue weighted by Gasteiger charge is -2.16. The van der Waals surface area contributed by atoms with Crippen LogP contribution in [0.4, 0.5) is 4.39 Å². The average molecular weight is 238 g/mol. The summed E-state index contributed by atoms with van der Waals surface area (Å²) in [6.07, 6.45) is 0.898. The zero-order valence-electron chi connectivity index (χ0n) is 9.40. The van der Waals surface area contributed by atoms with Crippen molar-refractivity contribution in [1.29, 1.82) is 0 Å². The molecule has 1 aliphatic rings. The maximum absolute atomic E-state index is 12.9. The van der Waals surface area contributed by atoms with Crippen LogP contribution in [-0.2, 0) is 0 Å². The van der Waals surface area contributed by atoms with Crippen LogP contribution in [0, 0.1) is 11.7 Å². The Morgan fingerprint density at radius 2 is 2.35 bits per heavy atom. The first-order valence-corrected chi connectivity index (χ1v) is 5.59. The summed E-state index contributed by atoms with van der Waals surface area (Å²) < 4.78 is 12.9. The number of nitrogens with zero attached hydrogens (tertiary/aromatic N) is 1. The van der Waals surface area contributed by atoms with Gasteiger partial charge in [0, 0.05) is 18.7 Å². The van der Waals surface area contributed by atoms with Gasteiger partial charge in [0.05, 0.1) is 0 Å². The van der Waals surface area contributed by atoms with Crippen LogP contribution in [0.25, 0.3) is 0 Å². The summed E-state index contributed by atoms with van der Waals surface area (Å²) in [6, 6.07) is 3.64. The molecule has 2 rings (SSSR count). The van der Waals surface area contributed by atoms with Crippen molar-refractivity contribution in [3.05, 3.63) is 29.6 Å². The maximum atomic E-state index is 12.9. The molecule has 1 unspecified atom stereocenters. The quantitative estimate of drug-likeness (QED) is 0.806. The van der Waals surface area contributed by atoms with Crippen LogP contribution in [0.2, 0.25) is 0 Å². The third kappa shape index (κ3) is 2.39. The van der Waals surface area contributed by atoms with Crippen molar-refractivity contribution in [2.45, 2.75) is 6.42 Å². The fraction of sp³-hybridized carbons (Fsp3) is 0.417. The van der Waals surface area contributed by atoms with Gasteiger partial charge in [-0.3, -0.25) is 4.79 Å². The summed E-state index contributed by atoms with van der Waals surface area (Å²) >= 11 is 0. The molecule has 1 heterocycles. The highest BCUT2D eigenvalue weighted by atomic mass is 19.1. The summed E-state index contributed by atoms with van der Waals surface area (Å²) in [5.41, 5.74) is 5.86. The van der Waals surface area contributed by atoms with Gasteiger partial charge in [0.15, 0.2) is 11.6 Å². The summed E-state index contributed by atoms with van der Waals surface area (Å²) in [5.74, 6) is -1.06. The summed E-state index contributed by atoms with van der Waals surface area (Å²) in [6.45, 7) is 1.87. The molecule has 0 radical (unpaired) electrons. The zero-order chi connectivity index (χ0) is 12.4. The molecule has 1 aliphatic heterocycles. The number of nitrogens with two attached hydrogens (primary N) is 1. The van der Waals surface area contributed by atoms with Gasteiger partial charge in [-0.1, -0.05) is 0 Å². The van der Waals surface area contributed by atoms with Crippen molar-refractivity contribution in [3.8, 4) is 5.75 Å². The van der Waals surface area contributed by atoms with Crippen LogP contribution in [0.1, 0.15) is 16.8 Å². The van der Waals surface area contributed by atoms with Crippen LogP contribution < -0.4 is 5.73 Å². The number of amides is 1. The molecule has 0 aromatic heterocycles. The molecule has 17 heavy (non-hydrogen) atoms. The highest BCUT2D eigenvalue weighted by Gasteiger charge is 2.26. The minimum absolute atomic E-state index is 0.184. The topological polar surface area (TPSA) is 66.6 Å². The summed E-state index contributed by atoms with van der Waals surface area (Å²) in [4.78, 5) is 13.7. The van der Waals surface area contributed by atoms with Gasteiger partial charge in [0.1, 0.15) is 0 Å². The number of aromatic hydroxyl groups is 1. The summed E-state index contributed by atoms with van der Waals surface area (Å²) in [5, 5.41) is 9.22. The second kappa shape index (κ2) is 4.71. The Bertz CT molecular complexity index is 437. The molecule has 0 aliphatic carbocycles. The molecule has 1 atom stereocenters. The van der Waals surface area contributed by atoms with E-state index < -0.39 is 11.6 Å². The lowest BCUT2D eigenvalue weighted by molar-refractivity contribution is 0.0787. The van der Waals surface area contributed by atoms with Gasteiger partial charge in [-0.15, -0.1) is 0 Å². The fourth-order valence-corrected chi connectivity index (χ4v) is 2.04. The van der Waals surface area contributed by atoms with E-state index >= 15 is 0 Å². The first-order chi connectivity index (χ1) is 8.11. The molecule has 3 N–H and O–H groups in total. The van der Waals surface area contributed by atoms with Gasteiger partial charge in [-0.25, -0.2) is 4.39 Å². The van der Waals surface area contributed by atoms with Gasteiger partial charge >= 0.3 is 0 Å². The molecule has 92 valence electrons. The third-order valence-corrected chi connectivity index (χ3v) is 3.10. The predicted molar refractivity (Wildman–Crippen MR) is 61.1 cm³/mol. The molecule has 1 fully saturated rings. The van der Waals surface area contributed by atoms with E-state index in [1.165, 1.54) is 6.07 Å². The zero-order valence-corrected chi connectivity index (χ0v) is 9.40. The van der Waals surface area contributed by atoms with Gasteiger partial charge in [-0.05, 0) is 37.1 Å². The number of benzene rings is 1. The maximum Gasteiger partial charge on any atom is 0.254 e. The molecule has 1 aromatic carbocycles. The number of rotatable bonds is 2. The third-order valence-electron chi connectivity index (χ3n) is 3.10. The van der Waals surface area contributed by atoms with Crippen LogP contribution in [0.3, 0.4) is 0 Å². The van der Waals surface area contributed by atoms with Crippen molar-refractivity contribution in [2.24, 2.45) is 11.7 Å². The van der Waals surface area contributed by atoms with E-state index in [9.17, 15) is 14.3 Å². The normalized spacial score (nSPS) is 19.6. The van der Waals surface area contributed by atoms with Crippen molar-refractivity contribution in [2.75, 3.05) is 19.6 Å². The number of hydrogen-bond acceptors (Lipinski definition) is 3. The largest absolute Gasteiger partial charge is 0.505 e. The van der Waals surface area contributed by atoms with Gasteiger partial charge < -0.3 is 15.7 Å². The van der Waals surface area contributed by atoms with E-state index in [0.717, 1.165) is 18.6 Å². The molecule has 0 bridgehead atoms. The molecule has 4 nitrogen and oxygen atoms in total. The van der Waals surface area contributed by atoms with E-state index in [1.807, 2.05) is 0 Å². The van der Waals surface area contributed by atoms with Crippen LogP contribution >= 0.6 is 0 Å². The Balaban J connectivity index is 2.12. The molecule has 1 amide bonds. The minimum atomic E-state index is -0.720. The van der Waals surface area contributed by atoms with E-state index in [2.05, 4.69) is 0 Å². The monoisotopic (exact) mass is 238 g/mol. The molecular formula is C12H15FN2O2. The Morgan fingerprint density at radius 1 is 1.59 bits per heavy atom. The Kier molecular flexibility index (Phi) is 3.28. The number of carbonyl (C=O) groups is 1.